The molecule has 0 aromatic heterocycles. The molecule has 0 saturated carbocycles. The molecule has 0 spiro atoms. The number of ether oxygens (including phenoxy) is 2. The Kier molecular flexibility index (Phi) is 6.08. The molecule has 2 rings (SSSR count). The number of hydrogen-bond donors (Lipinski definition) is 1. The number of nitrogens with zero attached hydrogens (tertiary/aromatic N) is 2. The first-order chi connectivity index (χ1) is 13.3. The molecule has 0 saturated heterocycles. The lowest BCUT2D eigenvalue weighted by molar-refractivity contribution is -0.385. The Balaban J connectivity index is 2.33. The quantitative estimate of drug-likeness (QED) is 0.202. The number of aryl methyl sites for hydroxylation is 1. The van der Waals surface area contributed by atoms with Crippen LogP contribution in [0.15, 0.2) is 42.0 Å². The molecule has 0 aliphatic heterocycles. The summed E-state index contributed by atoms with van der Waals surface area (Å²) in [6.45, 7) is 1.56. The fraction of sp³-hybridized carbons (Fsp3) is 0.105. The number of esters is 1. The fourth-order valence-electron chi connectivity index (χ4n) is 2.28. The highest BCUT2D eigenvalue weighted by atomic mass is 16.6. The van der Waals surface area contributed by atoms with E-state index < -0.39 is 16.8 Å². The van der Waals surface area contributed by atoms with Crippen LogP contribution >= 0.6 is 0 Å². The van der Waals surface area contributed by atoms with Gasteiger partial charge in [-0.3, -0.25) is 14.9 Å². The minimum Gasteiger partial charge on any atom is -0.493 e. The van der Waals surface area contributed by atoms with Crippen LogP contribution in [0.25, 0.3) is 6.08 Å². The number of methoxy groups -OCH3 is 1. The van der Waals surface area contributed by atoms with Gasteiger partial charge >= 0.3 is 5.97 Å². The second-order valence-corrected chi connectivity index (χ2v) is 5.59. The van der Waals surface area contributed by atoms with Crippen LogP contribution in [-0.4, -0.2) is 23.9 Å². The van der Waals surface area contributed by atoms with Crippen LogP contribution in [-0.2, 0) is 4.79 Å². The number of nitro groups is 1. The Labute approximate surface area is 159 Å². The third kappa shape index (κ3) is 4.50. The van der Waals surface area contributed by atoms with Crippen molar-refractivity contribution in [2.45, 2.75) is 6.92 Å². The van der Waals surface area contributed by atoms with Gasteiger partial charge in [0.1, 0.15) is 11.6 Å². The first kappa shape index (κ1) is 20.1. The van der Waals surface area contributed by atoms with Gasteiger partial charge in [0.15, 0.2) is 11.5 Å². The third-order valence-electron chi connectivity index (χ3n) is 3.73. The van der Waals surface area contributed by atoms with Crippen molar-refractivity contribution in [3.8, 4) is 17.6 Å². The average Bonchev–Trinajstić information content (AvgIpc) is 2.66. The molecule has 9 nitrogen and oxygen atoms in total. The molecular weight excluding hydrogens is 366 g/mol. The zero-order valence-electron chi connectivity index (χ0n) is 15.0. The second-order valence-electron chi connectivity index (χ2n) is 5.59. The van der Waals surface area contributed by atoms with Crippen molar-refractivity contribution in [3.05, 3.63) is 68.8 Å². The lowest BCUT2D eigenvalue weighted by atomic mass is 10.1. The topological polar surface area (TPSA) is 146 Å². The summed E-state index contributed by atoms with van der Waals surface area (Å²) in [6.07, 6.45) is 1.26. The van der Waals surface area contributed by atoms with Gasteiger partial charge in [0, 0.05) is 11.6 Å². The Morgan fingerprint density at radius 3 is 2.50 bits per heavy atom. The van der Waals surface area contributed by atoms with Gasteiger partial charge in [-0.1, -0.05) is 12.1 Å². The smallest absolute Gasteiger partial charge is 0.343 e. The first-order valence-corrected chi connectivity index (χ1v) is 7.83. The van der Waals surface area contributed by atoms with Crippen molar-refractivity contribution in [2.75, 3.05) is 7.11 Å². The summed E-state index contributed by atoms with van der Waals surface area (Å²) in [5, 5.41) is 19.9. The fourth-order valence-corrected chi connectivity index (χ4v) is 2.28. The van der Waals surface area contributed by atoms with E-state index in [9.17, 15) is 19.7 Å². The second kappa shape index (κ2) is 8.46. The van der Waals surface area contributed by atoms with E-state index in [-0.39, 0.29) is 28.3 Å². The average molecular weight is 381 g/mol. The number of nitro benzene ring substituents is 1. The van der Waals surface area contributed by atoms with E-state index in [2.05, 4.69) is 0 Å². The van der Waals surface area contributed by atoms with Gasteiger partial charge in [-0.05, 0) is 36.8 Å². The van der Waals surface area contributed by atoms with E-state index >= 15 is 0 Å². The monoisotopic (exact) mass is 381 g/mol. The van der Waals surface area contributed by atoms with Crippen LogP contribution in [0.3, 0.4) is 0 Å². The molecule has 28 heavy (non-hydrogen) atoms. The highest BCUT2D eigenvalue weighted by Crippen LogP contribution is 2.30. The lowest BCUT2D eigenvalue weighted by Crippen LogP contribution is -2.12. The number of carbonyl (C=O) groups is 2. The lowest BCUT2D eigenvalue weighted by Gasteiger charge is -2.10. The number of carbonyl (C=O) groups excluding carboxylic acids is 2. The van der Waals surface area contributed by atoms with E-state index in [4.69, 9.17) is 20.5 Å². The molecule has 0 aliphatic rings. The summed E-state index contributed by atoms with van der Waals surface area (Å²) in [4.78, 5) is 33.9. The zero-order chi connectivity index (χ0) is 20.8. The minimum atomic E-state index is -0.877. The molecule has 0 atom stereocenters. The maximum atomic E-state index is 12.4. The summed E-state index contributed by atoms with van der Waals surface area (Å²) >= 11 is 0. The van der Waals surface area contributed by atoms with Crippen molar-refractivity contribution in [3.63, 3.8) is 0 Å². The predicted octanol–water partition coefficient (Wildman–Crippen LogP) is 2.52. The van der Waals surface area contributed by atoms with E-state index in [0.717, 1.165) is 6.07 Å². The molecule has 1 amide bonds. The van der Waals surface area contributed by atoms with Crippen LogP contribution in [0.4, 0.5) is 5.69 Å². The molecule has 0 radical (unpaired) electrons. The number of amides is 1. The Morgan fingerprint density at radius 1 is 1.21 bits per heavy atom. The van der Waals surface area contributed by atoms with E-state index in [1.165, 1.54) is 43.5 Å². The van der Waals surface area contributed by atoms with Crippen molar-refractivity contribution in [1.82, 2.24) is 0 Å². The largest absolute Gasteiger partial charge is 0.493 e. The maximum absolute atomic E-state index is 12.4. The summed E-state index contributed by atoms with van der Waals surface area (Å²) < 4.78 is 10.4. The summed E-state index contributed by atoms with van der Waals surface area (Å²) in [5.74, 6) is -1.46. The van der Waals surface area contributed by atoms with Gasteiger partial charge in [0.25, 0.3) is 11.6 Å². The van der Waals surface area contributed by atoms with Gasteiger partial charge in [-0.2, -0.15) is 5.26 Å². The van der Waals surface area contributed by atoms with Crippen LogP contribution in [0.5, 0.6) is 11.5 Å². The standard InChI is InChI=1S/C19H15N3O6/c1-11-3-5-13(9-15(11)22(25)26)19(24)28-16-6-4-12(8-17(16)27-2)7-14(10-20)18(21)23/h3-9H,1-2H3,(H2,21,23)/b14-7+. The maximum Gasteiger partial charge on any atom is 0.343 e. The van der Waals surface area contributed by atoms with Crippen molar-refractivity contribution < 1.29 is 24.0 Å². The highest BCUT2D eigenvalue weighted by molar-refractivity contribution is 6.00. The molecule has 2 aromatic carbocycles. The SMILES string of the molecule is COc1cc(/C=C(\C#N)C(N)=O)ccc1OC(=O)c1ccc(C)c([N+](=O)[O-])c1. The Hall–Kier alpha value is -4.19. The Morgan fingerprint density at radius 2 is 1.93 bits per heavy atom. The molecule has 0 unspecified atom stereocenters. The van der Waals surface area contributed by atoms with E-state index in [1.807, 2.05) is 0 Å². The molecule has 0 fully saturated rings. The molecular formula is C19H15N3O6. The zero-order valence-corrected chi connectivity index (χ0v) is 15.0. The first-order valence-electron chi connectivity index (χ1n) is 7.83. The number of nitrogens with two attached hydrogens (primary N) is 1. The summed E-state index contributed by atoms with van der Waals surface area (Å²) in [5.41, 5.74) is 5.49. The normalized spacial score (nSPS) is 10.7. The number of primary amides is 1. The molecule has 0 aliphatic carbocycles. The van der Waals surface area contributed by atoms with Gasteiger partial charge in [-0.15, -0.1) is 0 Å². The molecule has 2 N–H and O–H groups in total. The molecule has 9 heteroatoms. The van der Waals surface area contributed by atoms with Crippen molar-refractivity contribution in [2.24, 2.45) is 5.73 Å². The summed E-state index contributed by atoms with van der Waals surface area (Å²) in [6, 6.07) is 10.0. The van der Waals surface area contributed by atoms with E-state index in [1.54, 1.807) is 13.0 Å². The van der Waals surface area contributed by atoms with Gasteiger partial charge in [-0.25, -0.2) is 4.79 Å². The van der Waals surface area contributed by atoms with Crippen molar-refractivity contribution >= 4 is 23.6 Å². The van der Waals surface area contributed by atoms with Crippen molar-refractivity contribution in [1.29, 1.82) is 5.26 Å². The highest BCUT2D eigenvalue weighted by Gasteiger charge is 2.18. The molecule has 142 valence electrons. The number of rotatable bonds is 6. The minimum absolute atomic E-state index is 0.00354. The Bertz CT molecular complexity index is 1040. The van der Waals surface area contributed by atoms with Crippen LogP contribution in [0.1, 0.15) is 21.5 Å². The predicted molar refractivity (Wildman–Crippen MR) is 98.6 cm³/mol. The van der Waals surface area contributed by atoms with Gasteiger partial charge in [0.2, 0.25) is 0 Å². The van der Waals surface area contributed by atoms with Crippen LogP contribution in [0, 0.1) is 28.4 Å². The van der Waals surface area contributed by atoms with Crippen LogP contribution < -0.4 is 15.2 Å². The van der Waals surface area contributed by atoms with Gasteiger partial charge < -0.3 is 15.2 Å². The van der Waals surface area contributed by atoms with Gasteiger partial charge in [0.05, 0.1) is 17.6 Å². The molecule has 0 bridgehead atoms. The number of nitriles is 1. The third-order valence-corrected chi connectivity index (χ3v) is 3.73. The number of benzene rings is 2. The number of hydrogen-bond acceptors (Lipinski definition) is 7. The van der Waals surface area contributed by atoms with Crippen LogP contribution in [0.2, 0.25) is 0 Å². The molecule has 2 aromatic rings. The van der Waals surface area contributed by atoms with E-state index in [0.29, 0.717) is 11.1 Å². The molecule has 0 heterocycles. The summed E-state index contributed by atoms with van der Waals surface area (Å²) in [7, 11) is 1.34.